The third-order valence-corrected chi connectivity index (χ3v) is 5.96. The van der Waals surface area contributed by atoms with Crippen molar-refractivity contribution in [1.29, 1.82) is 0 Å². The first-order chi connectivity index (χ1) is 15.4. The molecule has 32 heavy (non-hydrogen) atoms. The third-order valence-electron chi connectivity index (χ3n) is 5.96. The van der Waals surface area contributed by atoms with E-state index in [0.717, 1.165) is 0 Å². The Morgan fingerprint density at radius 1 is 1.16 bits per heavy atom. The van der Waals surface area contributed by atoms with Crippen LogP contribution in [0.15, 0.2) is 48.7 Å². The largest absolute Gasteiger partial charge is 0.383 e. The summed E-state index contributed by atoms with van der Waals surface area (Å²) < 4.78 is 17.5. The Morgan fingerprint density at radius 3 is 2.66 bits per heavy atom. The van der Waals surface area contributed by atoms with Gasteiger partial charge in [0.1, 0.15) is 23.1 Å². The van der Waals surface area contributed by atoms with Crippen LogP contribution in [0.4, 0.5) is 15.9 Å². The van der Waals surface area contributed by atoms with Gasteiger partial charge in [0.15, 0.2) is 6.10 Å². The fourth-order valence-corrected chi connectivity index (χ4v) is 4.42. The summed E-state index contributed by atoms with van der Waals surface area (Å²) in [6.45, 7) is 2.06. The SMILES string of the molecule is Cc1nc(N)c2c(-c3ccc4c(c3F)CCN4C(=O)[C@H](O)c3ccccc3)cn(C)c2n1. The molecule has 1 atom stereocenters. The summed E-state index contributed by atoms with van der Waals surface area (Å²) in [6, 6.07) is 12.1. The lowest BCUT2D eigenvalue weighted by atomic mass is 10.0. The number of aromatic nitrogens is 3. The average molecular weight is 431 g/mol. The van der Waals surface area contributed by atoms with E-state index in [2.05, 4.69) is 9.97 Å². The Kier molecular flexibility index (Phi) is 4.67. The van der Waals surface area contributed by atoms with Gasteiger partial charge in [0, 0.05) is 42.2 Å². The van der Waals surface area contributed by atoms with Crippen LogP contribution in [-0.2, 0) is 18.3 Å². The van der Waals surface area contributed by atoms with E-state index in [0.29, 0.717) is 63.6 Å². The van der Waals surface area contributed by atoms with E-state index in [1.165, 1.54) is 4.90 Å². The summed E-state index contributed by atoms with van der Waals surface area (Å²) in [5.74, 6) is -0.0334. The van der Waals surface area contributed by atoms with Crippen LogP contribution in [-0.4, -0.2) is 32.1 Å². The van der Waals surface area contributed by atoms with E-state index in [1.54, 1.807) is 54.1 Å². The lowest BCUT2D eigenvalue weighted by molar-refractivity contribution is -0.126. The van der Waals surface area contributed by atoms with Crippen molar-refractivity contribution in [3.8, 4) is 11.1 Å². The number of anilines is 2. The molecule has 2 aromatic carbocycles. The lowest BCUT2D eigenvalue weighted by Gasteiger charge is -2.21. The van der Waals surface area contributed by atoms with E-state index in [9.17, 15) is 9.90 Å². The first-order valence-corrected chi connectivity index (χ1v) is 10.3. The predicted octanol–water partition coefficient (Wildman–Crippen LogP) is 3.29. The normalized spacial score (nSPS) is 14.1. The first-order valence-electron chi connectivity index (χ1n) is 10.3. The quantitative estimate of drug-likeness (QED) is 0.519. The molecule has 4 aromatic rings. The van der Waals surface area contributed by atoms with Crippen molar-refractivity contribution in [3.63, 3.8) is 0 Å². The van der Waals surface area contributed by atoms with Crippen molar-refractivity contribution in [2.24, 2.45) is 7.05 Å². The van der Waals surface area contributed by atoms with E-state index < -0.39 is 17.8 Å². The molecule has 8 heteroatoms. The Bertz CT molecular complexity index is 1370. The number of nitrogens with zero attached hydrogens (tertiary/aromatic N) is 4. The molecule has 3 N–H and O–H groups in total. The number of nitrogen functional groups attached to an aromatic ring is 1. The Morgan fingerprint density at radius 2 is 1.91 bits per heavy atom. The second kappa shape index (κ2) is 7.42. The first kappa shape index (κ1) is 20.1. The fraction of sp³-hybridized carbons (Fsp3) is 0.208. The van der Waals surface area contributed by atoms with Gasteiger partial charge >= 0.3 is 0 Å². The predicted molar refractivity (Wildman–Crippen MR) is 121 cm³/mol. The summed E-state index contributed by atoms with van der Waals surface area (Å²) in [5, 5.41) is 11.1. The van der Waals surface area contributed by atoms with Crippen molar-refractivity contribution >= 4 is 28.4 Å². The molecule has 0 saturated carbocycles. The minimum absolute atomic E-state index is 0.297. The molecule has 0 aliphatic carbocycles. The molecule has 5 rings (SSSR count). The zero-order valence-electron chi connectivity index (χ0n) is 17.7. The van der Waals surface area contributed by atoms with Crippen LogP contribution < -0.4 is 10.6 Å². The number of carbonyl (C=O) groups is 1. The molecule has 1 aliphatic heterocycles. The number of hydrogen-bond donors (Lipinski definition) is 2. The second-order valence-electron chi connectivity index (χ2n) is 7.99. The molecule has 0 spiro atoms. The molecule has 0 fully saturated rings. The number of rotatable bonds is 3. The molecular weight excluding hydrogens is 409 g/mol. The van der Waals surface area contributed by atoms with Crippen LogP contribution >= 0.6 is 0 Å². The van der Waals surface area contributed by atoms with Gasteiger partial charge in [-0.1, -0.05) is 30.3 Å². The van der Waals surface area contributed by atoms with Gasteiger partial charge in [-0.2, -0.15) is 0 Å². The number of aryl methyl sites for hydroxylation is 2. The van der Waals surface area contributed by atoms with Gasteiger partial charge in [0.05, 0.1) is 5.39 Å². The summed E-state index contributed by atoms with van der Waals surface area (Å²) in [7, 11) is 1.83. The molecule has 1 aliphatic rings. The van der Waals surface area contributed by atoms with Crippen LogP contribution in [0.1, 0.15) is 23.1 Å². The number of benzene rings is 2. The van der Waals surface area contributed by atoms with E-state index in [1.807, 2.05) is 13.1 Å². The number of carbonyl (C=O) groups excluding carboxylic acids is 1. The maximum Gasteiger partial charge on any atom is 0.260 e. The van der Waals surface area contributed by atoms with E-state index in [4.69, 9.17) is 5.73 Å². The molecule has 1 amide bonds. The monoisotopic (exact) mass is 431 g/mol. The Labute approximate surface area is 183 Å². The van der Waals surface area contributed by atoms with Gasteiger partial charge in [-0.15, -0.1) is 0 Å². The van der Waals surface area contributed by atoms with Crippen LogP contribution in [0.25, 0.3) is 22.2 Å². The average Bonchev–Trinajstić information content (AvgIpc) is 3.36. The number of nitrogens with two attached hydrogens (primary N) is 1. The second-order valence-corrected chi connectivity index (χ2v) is 7.99. The standard InChI is InChI=1S/C24H22FN5O2/c1-13-27-22(26)19-17(12-29(2)23(19)28-13)15-8-9-18-16(20(15)25)10-11-30(18)24(32)21(31)14-6-4-3-5-7-14/h3-9,12,21,31H,10-11H2,1-2H3,(H2,26,27,28)/t21-/m1/s1. The highest BCUT2D eigenvalue weighted by molar-refractivity contribution is 6.02. The smallest absolute Gasteiger partial charge is 0.260 e. The summed E-state index contributed by atoms with van der Waals surface area (Å²) in [6.07, 6.45) is 0.845. The highest BCUT2D eigenvalue weighted by Gasteiger charge is 2.33. The van der Waals surface area contributed by atoms with Crippen LogP contribution in [0.2, 0.25) is 0 Å². The molecule has 7 nitrogen and oxygen atoms in total. The van der Waals surface area contributed by atoms with Gasteiger partial charge in [0.25, 0.3) is 5.91 Å². The minimum Gasteiger partial charge on any atom is -0.383 e. The number of aliphatic hydroxyl groups is 1. The minimum atomic E-state index is -1.30. The summed E-state index contributed by atoms with van der Waals surface area (Å²) in [4.78, 5) is 23.1. The maximum absolute atomic E-state index is 15.7. The molecule has 0 bridgehead atoms. The van der Waals surface area contributed by atoms with E-state index in [-0.39, 0.29) is 0 Å². The zero-order valence-corrected chi connectivity index (χ0v) is 17.7. The van der Waals surface area contributed by atoms with Crippen LogP contribution in [0.3, 0.4) is 0 Å². The maximum atomic E-state index is 15.7. The van der Waals surface area contributed by atoms with Crippen molar-refractivity contribution < 1.29 is 14.3 Å². The Balaban J connectivity index is 1.56. The number of aliphatic hydroxyl groups excluding tert-OH is 1. The van der Waals surface area contributed by atoms with Gasteiger partial charge in [0.2, 0.25) is 0 Å². The van der Waals surface area contributed by atoms with Gasteiger partial charge in [-0.05, 0) is 31.0 Å². The molecule has 0 unspecified atom stereocenters. The molecule has 0 radical (unpaired) electrons. The van der Waals surface area contributed by atoms with Crippen LogP contribution in [0, 0.1) is 12.7 Å². The topological polar surface area (TPSA) is 97.3 Å². The number of amides is 1. The number of fused-ring (bicyclic) bond motifs is 2. The Hall–Kier alpha value is -3.78. The molecular formula is C24H22FN5O2. The summed E-state index contributed by atoms with van der Waals surface area (Å²) >= 11 is 0. The summed E-state index contributed by atoms with van der Waals surface area (Å²) in [5.41, 5.74) is 9.20. The molecule has 2 aromatic heterocycles. The number of hydrogen-bond acceptors (Lipinski definition) is 5. The van der Waals surface area contributed by atoms with Gasteiger partial charge in [-0.25, -0.2) is 14.4 Å². The third kappa shape index (κ3) is 3.03. The number of halogens is 1. The zero-order chi connectivity index (χ0) is 22.6. The molecule has 162 valence electrons. The molecule has 3 heterocycles. The van der Waals surface area contributed by atoms with Gasteiger partial charge < -0.3 is 20.3 Å². The highest BCUT2D eigenvalue weighted by atomic mass is 19.1. The highest BCUT2D eigenvalue weighted by Crippen LogP contribution is 2.40. The fourth-order valence-electron chi connectivity index (χ4n) is 4.42. The van der Waals surface area contributed by atoms with Crippen LogP contribution in [0.5, 0.6) is 0 Å². The van der Waals surface area contributed by atoms with Crippen molar-refractivity contribution in [1.82, 2.24) is 14.5 Å². The van der Waals surface area contributed by atoms with Crippen molar-refractivity contribution in [2.45, 2.75) is 19.4 Å². The lowest BCUT2D eigenvalue weighted by Crippen LogP contribution is -2.33. The van der Waals surface area contributed by atoms with Crippen molar-refractivity contribution in [2.75, 3.05) is 17.2 Å². The van der Waals surface area contributed by atoms with Gasteiger partial charge in [-0.3, -0.25) is 4.79 Å². The molecule has 0 saturated heterocycles. The van der Waals surface area contributed by atoms with Crippen molar-refractivity contribution in [3.05, 3.63) is 71.4 Å². The van der Waals surface area contributed by atoms with E-state index >= 15 is 4.39 Å².